The Morgan fingerprint density at radius 2 is 1.46 bits per heavy atom. The average Bonchev–Trinajstić information content (AvgIpc) is 3.35. The smallest absolute Gasteiger partial charge is 0.371 e. The minimum Gasteiger partial charge on any atom is -0.371 e. The summed E-state index contributed by atoms with van der Waals surface area (Å²) in [5.41, 5.74) is 1.53. The van der Waals surface area contributed by atoms with Gasteiger partial charge in [0.1, 0.15) is 24.2 Å². The van der Waals surface area contributed by atoms with Crippen LogP contribution in [0, 0.1) is 30.1 Å². The number of hydrogen-bond donors (Lipinski definition) is 2. The van der Waals surface area contributed by atoms with Gasteiger partial charge in [-0.05, 0) is 93.7 Å². The Morgan fingerprint density at radius 3 is 2.07 bits per heavy atom. The van der Waals surface area contributed by atoms with E-state index in [4.69, 9.17) is 5.26 Å². The summed E-state index contributed by atoms with van der Waals surface area (Å²) in [7, 11) is 1.43. The second-order valence-electron chi connectivity index (χ2n) is 18.0. The maximum absolute atomic E-state index is 13.6. The number of nitrogens with one attached hydrogen (secondary N) is 2. The number of aryl methyl sites for hydroxylation is 1. The molecule has 16 nitrogen and oxygen atoms in total. The number of carbonyl (C=O) groups excluding carboxylic acids is 5. The molecule has 0 saturated carbocycles. The van der Waals surface area contributed by atoms with Gasteiger partial charge in [-0.2, -0.15) is 18.4 Å². The summed E-state index contributed by atoms with van der Waals surface area (Å²) in [5, 5.41) is 14.5. The molecule has 358 valence electrons. The molecule has 0 spiro atoms. The lowest BCUT2D eigenvalue weighted by atomic mass is 9.95. The molecule has 7 rings (SSSR count). The maximum Gasteiger partial charge on any atom is 0.419 e. The third-order valence-electron chi connectivity index (χ3n) is 14.0. The maximum atomic E-state index is 13.6. The number of hydrogen-bond acceptors (Lipinski definition) is 13. The van der Waals surface area contributed by atoms with Crippen molar-refractivity contribution in [3.8, 4) is 6.07 Å². The fourth-order valence-electron chi connectivity index (χ4n) is 9.97. The molecule has 67 heavy (non-hydrogen) atoms. The van der Waals surface area contributed by atoms with Gasteiger partial charge in [0.25, 0.3) is 5.91 Å². The highest BCUT2D eigenvalue weighted by Crippen LogP contribution is 2.35. The van der Waals surface area contributed by atoms with Gasteiger partial charge in [0, 0.05) is 109 Å². The molecule has 4 aliphatic heterocycles. The first kappa shape index (κ1) is 48.8. The molecular weight excluding hydrogens is 868 g/mol. The molecule has 2 aromatic heterocycles. The van der Waals surface area contributed by atoms with Crippen molar-refractivity contribution in [1.82, 2.24) is 30.0 Å². The van der Waals surface area contributed by atoms with Gasteiger partial charge in [-0.25, -0.2) is 9.97 Å². The van der Waals surface area contributed by atoms with Crippen LogP contribution in [0.15, 0.2) is 48.8 Å². The fraction of sp³-hybridized carbons (Fsp3) is 0.542. The number of nitrogens with zero attached hydrogens (tertiary/aromatic N) is 9. The zero-order chi connectivity index (χ0) is 47.7. The molecule has 4 amide bonds. The Kier molecular flexibility index (Phi) is 16.1. The summed E-state index contributed by atoms with van der Waals surface area (Å²) in [5.74, 6) is -0.466. The fourth-order valence-corrected chi connectivity index (χ4v) is 9.97. The minimum atomic E-state index is -4.69. The first-order chi connectivity index (χ1) is 32.3. The largest absolute Gasteiger partial charge is 0.419 e. The van der Waals surface area contributed by atoms with Crippen LogP contribution in [0.5, 0.6) is 0 Å². The number of rotatable bonds is 15. The summed E-state index contributed by atoms with van der Waals surface area (Å²) >= 11 is 0. The lowest BCUT2D eigenvalue weighted by Gasteiger charge is -2.44. The predicted octanol–water partition coefficient (Wildman–Crippen LogP) is 4.73. The number of benzene rings is 1. The van der Waals surface area contributed by atoms with Gasteiger partial charge in [0.15, 0.2) is 5.69 Å². The number of piperidine rings is 3. The van der Waals surface area contributed by atoms with E-state index in [1.807, 2.05) is 37.3 Å². The molecule has 0 aliphatic carbocycles. The zero-order valence-corrected chi connectivity index (χ0v) is 38.2. The van der Waals surface area contributed by atoms with Gasteiger partial charge in [-0.15, -0.1) is 0 Å². The quantitative estimate of drug-likeness (QED) is 0.200. The van der Waals surface area contributed by atoms with Gasteiger partial charge in [-0.1, -0.05) is 6.07 Å². The Hall–Kier alpha value is -6.13. The van der Waals surface area contributed by atoms with Crippen LogP contribution in [0.3, 0.4) is 0 Å². The van der Waals surface area contributed by atoms with E-state index in [9.17, 15) is 37.1 Å². The lowest BCUT2D eigenvalue weighted by molar-refractivity contribution is -0.138. The number of aldehydes is 1. The van der Waals surface area contributed by atoms with E-state index < -0.39 is 35.3 Å². The van der Waals surface area contributed by atoms with Gasteiger partial charge in [0.2, 0.25) is 18.2 Å². The van der Waals surface area contributed by atoms with Crippen molar-refractivity contribution in [2.45, 2.75) is 76.6 Å². The van der Waals surface area contributed by atoms with E-state index in [2.05, 4.69) is 40.2 Å². The number of anilines is 4. The number of imide groups is 1. The number of pyridine rings is 2. The number of aromatic nitrogens is 2. The normalized spacial score (nSPS) is 18.8. The molecule has 1 aromatic carbocycles. The molecule has 4 fully saturated rings. The SMILES string of the molecule is CNC(=O)C(CCC=O)N(C=O)C(=O)c1cc(N2CCC(N3CCN(CC4CCN(c5ccc(NC(=O)C6CCN(c7cnc(C#N)c(C(F)(F)F)c7)CC6)nc5)CC4)CC3)CC2)ccc1C. The van der Waals surface area contributed by atoms with Gasteiger partial charge in [-0.3, -0.25) is 29.0 Å². The molecule has 6 heterocycles. The standard InChI is InChI=1S/C48H60F3N11O5/c1-33-5-6-37(26-40(33)47(67)62(32-64)43(4-3-25-63)46(66)53-2)58-19-13-36(14-20-58)61-23-21-57(22-24-61)31-34-9-15-59(16-10-34)38-7-8-44(55-29-38)56-45(65)35-11-17-60(18-12-35)39-27-41(48(49,50)51)42(28-52)54-30-39/h5-8,25-27,29-30,32,34-36,43H,3-4,9-24,31H2,1-2H3,(H,53,66)(H,55,56,65). The molecule has 0 bridgehead atoms. The second kappa shape index (κ2) is 22.1. The second-order valence-corrected chi connectivity index (χ2v) is 18.0. The molecule has 1 atom stereocenters. The number of nitriles is 1. The monoisotopic (exact) mass is 927 g/mol. The number of piperazine rings is 1. The van der Waals surface area contributed by atoms with Crippen LogP contribution >= 0.6 is 0 Å². The van der Waals surface area contributed by atoms with E-state index in [1.165, 1.54) is 19.3 Å². The summed E-state index contributed by atoms with van der Waals surface area (Å²) in [6.45, 7) is 11.3. The Labute approximate surface area is 389 Å². The molecule has 4 aliphatic rings. The molecule has 19 heteroatoms. The van der Waals surface area contributed by atoms with Crippen LogP contribution in [-0.4, -0.2) is 146 Å². The number of alkyl halides is 3. The third-order valence-corrected chi connectivity index (χ3v) is 14.0. The Balaban J connectivity index is 0.806. The van der Waals surface area contributed by atoms with Crippen LogP contribution in [0.1, 0.15) is 78.5 Å². The van der Waals surface area contributed by atoms with Crippen molar-refractivity contribution in [2.24, 2.45) is 11.8 Å². The average molecular weight is 928 g/mol. The summed E-state index contributed by atoms with van der Waals surface area (Å²) in [6, 6.07) is 11.4. The minimum absolute atomic E-state index is 0.0449. The highest BCUT2D eigenvalue weighted by Gasteiger charge is 2.37. The molecular formula is C48H60F3N11O5. The highest BCUT2D eigenvalue weighted by atomic mass is 19.4. The molecule has 3 aromatic rings. The van der Waals surface area contributed by atoms with Gasteiger partial charge in [0.05, 0.1) is 29.3 Å². The van der Waals surface area contributed by atoms with Crippen LogP contribution in [0.25, 0.3) is 0 Å². The molecule has 4 saturated heterocycles. The van der Waals surface area contributed by atoms with E-state index >= 15 is 0 Å². The number of amides is 4. The van der Waals surface area contributed by atoms with Crippen molar-refractivity contribution in [1.29, 1.82) is 5.26 Å². The van der Waals surface area contributed by atoms with E-state index in [-0.39, 0.29) is 30.4 Å². The van der Waals surface area contributed by atoms with Crippen molar-refractivity contribution in [2.75, 3.05) is 99.1 Å². The topological polar surface area (TPSA) is 178 Å². The number of halogens is 3. The molecule has 1 unspecified atom stereocenters. The van der Waals surface area contributed by atoms with Crippen molar-refractivity contribution >= 4 is 53.3 Å². The van der Waals surface area contributed by atoms with Crippen LogP contribution in [0.2, 0.25) is 0 Å². The van der Waals surface area contributed by atoms with Gasteiger partial charge >= 0.3 is 6.18 Å². The van der Waals surface area contributed by atoms with Crippen molar-refractivity contribution < 1.29 is 37.1 Å². The first-order valence-corrected chi connectivity index (χ1v) is 23.3. The summed E-state index contributed by atoms with van der Waals surface area (Å²) in [6.07, 6.45) is 4.62. The van der Waals surface area contributed by atoms with E-state index in [0.29, 0.717) is 67.5 Å². The predicted molar refractivity (Wildman–Crippen MR) is 247 cm³/mol. The summed E-state index contributed by atoms with van der Waals surface area (Å²) < 4.78 is 40.4. The summed E-state index contributed by atoms with van der Waals surface area (Å²) in [4.78, 5) is 83.2. The molecule has 2 N–H and O–H groups in total. The van der Waals surface area contributed by atoms with Gasteiger partial charge < -0.3 is 35.0 Å². The third kappa shape index (κ3) is 11.9. The Bertz CT molecular complexity index is 2260. The van der Waals surface area contributed by atoms with Crippen molar-refractivity contribution in [3.63, 3.8) is 0 Å². The van der Waals surface area contributed by atoms with Crippen molar-refractivity contribution in [3.05, 3.63) is 71.2 Å². The van der Waals surface area contributed by atoms with Crippen LogP contribution < -0.4 is 25.3 Å². The first-order valence-electron chi connectivity index (χ1n) is 23.3. The number of likely N-dealkylation sites (N-methyl/N-ethyl adjacent to an activating group) is 1. The lowest BCUT2D eigenvalue weighted by Crippen LogP contribution is -2.54. The van der Waals surface area contributed by atoms with E-state index in [0.717, 1.165) is 107 Å². The highest BCUT2D eigenvalue weighted by molar-refractivity contribution is 6.04. The molecule has 0 radical (unpaired) electrons. The zero-order valence-electron chi connectivity index (χ0n) is 38.2. The van der Waals surface area contributed by atoms with Crippen LogP contribution in [0.4, 0.5) is 36.1 Å². The Morgan fingerprint density at radius 1 is 0.836 bits per heavy atom. The van der Waals surface area contributed by atoms with Crippen LogP contribution in [-0.2, 0) is 25.4 Å². The van der Waals surface area contributed by atoms with E-state index in [1.54, 1.807) is 11.1 Å². The number of carbonyl (C=O) groups is 5.